The van der Waals surface area contributed by atoms with Crippen molar-refractivity contribution in [3.05, 3.63) is 76.2 Å². The monoisotopic (exact) mass is 398 g/mol. The van der Waals surface area contributed by atoms with E-state index in [-0.39, 0.29) is 11.6 Å². The average Bonchev–Trinajstić information content (AvgIpc) is 2.70. The standard InChI is InChI=1S/C20H16Cl2N4O/c21-14-7-8-16(15(22)10-14)25-20(27)17-11-24-19(12-23-17)26-9-3-5-13-4-1-2-6-18(13)26/h1-2,4,6-8,10-12H,3,5,9H2,(H,25,27). The molecule has 1 aliphatic heterocycles. The van der Waals surface area contributed by atoms with Crippen LogP contribution in [-0.4, -0.2) is 22.4 Å². The number of aromatic nitrogens is 2. The van der Waals surface area contributed by atoms with Crippen LogP contribution in [0.25, 0.3) is 0 Å². The number of hydrogen-bond donors (Lipinski definition) is 1. The van der Waals surface area contributed by atoms with E-state index in [2.05, 4.69) is 32.3 Å². The smallest absolute Gasteiger partial charge is 0.275 e. The summed E-state index contributed by atoms with van der Waals surface area (Å²) in [5, 5.41) is 3.59. The maximum atomic E-state index is 12.4. The van der Waals surface area contributed by atoms with Crippen molar-refractivity contribution in [1.82, 2.24) is 9.97 Å². The van der Waals surface area contributed by atoms with Crippen molar-refractivity contribution in [1.29, 1.82) is 0 Å². The van der Waals surface area contributed by atoms with E-state index in [0.717, 1.165) is 30.9 Å². The highest BCUT2D eigenvalue weighted by atomic mass is 35.5. The fraction of sp³-hybridized carbons (Fsp3) is 0.150. The summed E-state index contributed by atoms with van der Waals surface area (Å²) in [4.78, 5) is 23.3. The first-order valence-corrected chi connectivity index (χ1v) is 9.31. The molecule has 0 aliphatic carbocycles. The van der Waals surface area contributed by atoms with Crippen LogP contribution in [0.4, 0.5) is 17.2 Å². The third-order valence-corrected chi connectivity index (χ3v) is 4.98. The van der Waals surface area contributed by atoms with Gasteiger partial charge in [0.1, 0.15) is 5.69 Å². The number of carbonyl (C=O) groups excluding carboxylic acids is 1. The summed E-state index contributed by atoms with van der Waals surface area (Å²) >= 11 is 12.0. The lowest BCUT2D eigenvalue weighted by atomic mass is 10.0. The molecule has 136 valence electrons. The van der Waals surface area contributed by atoms with Crippen LogP contribution < -0.4 is 10.2 Å². The van der Waals surface area contributed by atoms with Gasteiger partial charge in [-0.25, -0.2) is 9.97 Å². The van der Waals surface area contributed by atoms with E-state index in [1.54, 1.807) is 24.4 Å². The number of nitrogens with one attached hydrogen (secondary N) is 1. The number of anilines is 3. The van der Waals surface area contributed by atoms with Crippen LogP contribution >= 0.6 is 23.2 Å². The number of halogens is 2. The molecule has 0 bridgehead atoms. The Morgan fingerprint density at radius 2 is 1.93 bits per heavy atom. The largest absolute Gasteiger partial charge is 0.325 e. The summed E-state index contributed by atoms with van der Waals surface area (Å²) in [7, 11) is 0. The minimum atomic E-state index is -0.377. The van der Waals surface area contributed by atoms with Gasteiger partial charge in [-0.2, -0.15) is 0 Å². The SMILES string of the molecule is O=C(Nc1ccc(Cl)cc1Cl)c1cnc(N2CCCc3ccccc32)cn1. The molecule has 1 aliphatic rings. The van der Waals surface area contributed by atoms with E-state index in [1.165, 1.54) is 11.8 Å². The molecule has 0 atom stereocenters. The van der Waals surface area contributed by atoms with Crippen LogP contribution in [0.5, 0.6) is 0 Å². The Kier molecular flexibility index (Phi) is 4.97. The lowest BCUT2D eigenvalue weighted by Crippen LogP contribution is -2.25. The van der Waals surface area contributed by atoms with Crippen LogP contribution in [0.15, 0.2) is 54.9 Å². The fourth-order valence-corrected chi connectivity index (χ4v) is 3.58. The summed E-state index contributed by atoms with van der Waals surface area (Å²) in [6.07, 6.45) is 5.21. The van der Waals surface area contributed by atoms with Gasteiger partial charge in [0.2, 0.25) is 0 Å². The Morgan fingerprint density at radius 3 is 2.70 bits per heavy atom. The maximum absolute atomic E-state index is 12.4. The van der Waals surface area contributed by atoms with E-state index in [9.17, 15) is 4.79 Å². The second-order valence-corrected chi connectivity index (χ2v) is 7.07. The van der Waals surface area contributed by atoms with E-state index in [0.29, 0.717) is 15.7 Å². The Morgan fingerprint density at radius 1 is 1.07 bits per heavy atom. The van der Waals surface area contributed by atoms with Gasteiger partial charge in [0, 0.05) is 17.3 Å². The van der Waals surface area contributed by atoms with Crippen LogP contribution in [0.3, 0.4) is 0 Å². The predicted molar refractivity (Wildman–Crippen MR) is 108 cm³/mol. The molecular weight excluding hydrogens is 383 g/mol. The molecule has 2 heterocycles. The molecule has 27 heavy (non-hydrogen) atoms. The average molecular weight is 399 g/mol. The van der Waals surface area contributed by atoms with Gasteiger partial charge >= 0.3 is 0 Å². The van der Waals surface area contributed by atoms with Crippen LogP contribution in [0.2, 0.25) is 10.0 Å². The quantitative estimate of drug-likeness (QED) is 0.664. The van der Waals surface area contributed by atoms with Gasteiger partial charge in [-0.15, -0.1) is 0 Å². The summed E-state index contributed by atoms with van der Waals surface area (Å²) in [6.45, 7) is 0.873. The maximum Gasteiger partial charge on any atom is 0.275 e. The zero-order valence-electron chi connectivity index (χ0n) is 14.3. The van der Waals surface area contributed by atoms with Crippen LogP contribution in [0, 0.1) is 0 Å². The number of para-hydroxylation sites is 1. The summed E-state index contributed by atoms with van der Waals surface area (Å²) in [5.74, 6) is 0.348. The lowest BCUT2D eigenvalue weighted by Gasteiger charge is -2.30. The van der Waals surface area contributed by atoms with Crippen LogP contribution in [-0.2, 0) is 6.42 Å². The molecule has 0 saturated carbocycles. The molecule has 1 aromatic heterocycles. The number of amides is 1. The molecule has 2 aromatic carbocycles. The van der Waals surface area contributed by atoms with Crippen LogP contribution in [0.1, 0.15) is 22.5 Å². The van der Waals surface area contributed by atoms with Crippen molar-refractivity contribution in [2.75, 3.05) is 16.8 Å². The topological polar surface area (TPSA) is 58.1 Å². The zero-order chi connectivity index (χ0) is 18.8. The first-order chi connectivity index (χ1) is 13.1. The third-order valence-electron chi connectivity index (χ3n) is 4.44. The highest BCUT2D eigenvalue weighted by molar-refractivity contribution is 6.36. The number of rotatable bonds is 3. The molecule has 0 fully saturated rings. The molecule has 1 N–H and O–H groups in total. The highest BCUT2D eigenvalue weighted by Crippen LogP contribution is 2.31. The van der Waals surface area contributed by atoms with Gasteiger partial charge < -0.3 is 10.2 Å². The van der Waals surface area contributed by atoms with Crippen molar-refractivity contribution < 1.29 is 4.79 Å². The van der Waals surface area contributed by atoms with Crippen molar-refractivity contribution >= 4 is 46.3 Å². The molecule has 5 nitrogen and oxygen atoms in total. The van der Waals surface area contributed by atoms with Crippen molar-refractivity contribution in [3.63, 3.8) is 0 Å². The number of carbonyl (C=O) groups is 1. The number of aryl methyl sites for hydroxylation is 1. The molecule has 7 heteroatoms. The highest BCUT2D eigenvalue weighted by Gasteiger charge is 2.19. The van der Waals surface area contributed by atoms with Gasteiger partial charge in [0.15, 0.2) is 5.82 Å². The first-order valence-electron chi connectivity index (χ1n) is 8.56. The van der Waals surface area contributed by atoms with Crippen molar-refractivity contribution in [2.45, 2.75) is 12.8 Å². The number of hydrogen-bond acceptors (Lipinski definition) is 4. The Hall–Kier alpha value is -2.63. The molecule has 0 spiro atoms. The van der Waals surface area contributed by atoms with Gasteiger partial charge in [0.25, 0.3) is 5.91 Å². The molecule has 3 aromatic rings. The molecular formula is C20H16Cl2N4O. The zero-order valence-corrected chi connectivity index (χ0v) is 15.8. The predicted octanol–water partition coefficient (Wildman–Crippen LogP) is 5.12. The van der Waals surface area contributed by atoms with Gasteiger partial charge in [-0.3, -0.25) is 4.79 Å². The second-order valence-electron chi connectivity index (χ2n) is 6.22. The van der Waals surface area contributed by atoms with E-state index in [1.807, 2.05) is 12.1 Å². The molecule has 0 saturated heterocycles. The summed E-state index contributed by atoms with van der Waals surface area (Å²) < 4.78 is 0. The summed E-state index contributed by atoms with van der Waals surface area (Å²) in [5.41, 5.74) is 3.13. The Labute approximate surface area is 167 Å². The third kappa shape index (κ3) is 3.75. The number of nitrogens with zero attached hydrogens (tertiary/aromatic N) is 3. The van der Waals surface area contributed by atoms with E-state index >= 15 is 0 Å². The fourth-order valence-electron chi connectivity index (χ4n) is 3.13. The van der Waals surface area contributed by atoms with E-state index in [4.69, 9.17) is 23.2 Å². The van der Waals surface area contributed by atoms with Crippen molar-refractivity contribution in [3.8, 4) is 0 Å². The van der Waals surface area contributed by atoms with Gasteiger partial charge in [-0.05, 0) is 42.7 Å². The summed E-state index contributed by atoms with van der Waals surface area (Å²) in [6, 6.07) is 13.2. The first kappa shape index (κ1) is 17.8. The Balaban J connectivity index is 1.53. The normalized spacial score (nSPS) is 13.2. The minimum absolute atomic E-state index is 0.218. The second kappa shape index (κ2) is 7.55. The molecule has 1 amide bonds. The number of benzene rings is 2. The van der Waals surface area contributed by atoms with Gasteiger partial charge in [0.05, 0.1) is 23.1 Å². The van der Waals surface area contributed by atoms with E-state index < -0.39 is 0 Å². The molecule has 0 radical (unpaired) electrons. The minimum Gasteiger partial charge on any atom is -0.325 e. The lowest BCUT2D eigenvalue weighted by molar-refractivity contribution is 0.102. The van der Waals surface area contributed by atoms with Crippen molar-refractivity contribution in [2.24, 2.45) is 0 Å². The number of fused-ring (bicyclic) bond motifs is 1. The Bertz CT molecular complexity index is 992. The molecule has 4 rings (SSSR count). The van der Waals surface area contributed by atoms with Gasteiger partial charge in [-0.1, -0.05) is 41.4 Å². The molecule has 0 unspecified atom stereocenters.